The van der Waals surface area contributed by atoms with E-state index < -0.39 is 0 Å². The van der Waals surface area contributed by atoms with E-state index in [9.17, 15) is 9.59 Å². The first-order valence-corrected chi connectivity index (χ1v) is 10.1. The number of ketones is 1. The number of thiazole rings is 1. The fourth-order valence-corrected chi connectivity index (χ4v) is 4.76. The predicted octanol–water partition coefficient (Wildman–Crippen LogP) is 3.58. The first-order chi connectivity index (χ1) is 12.6. The number of rotatable bonds is 4. The van der Waals surface area contributed by atoms with E-state index in [2.05, 4.69) is 20.3 Å². The van der Waals surface area contributed by atoms with Crippen molar-refractivity contribution in [1.82, 2.24) is 15.0 Å². The molecular formula is C18H16N4O2S2. The summed E-state index contributed by atoms with van der Waals surface area (Å²) in [5.74, 6) is 0.631. The van der Waals surface area contributed by atoms with Gasteiger partial charge in [0.25, 0.3) is 0 Å². The lowest BCUT2D eigenvalue weighted by Crippen LogP contribution is -2.22. The van der Waals surface area contributed by atoms with Crippen LogP contribution in [0.1, 0.15) is 29.4 Å². The van der Waals surface area contributed by atoms with Crippen LogP contribution in [0.4, 0.5) is 5.95 Å². The maximum Gasteiger partial charge on any atom is 0.237 e. The fourth-order valence-electron chi connectivity index (χ4n) is 2.90. The van der Waals surface area contributed by atoms with E-state index in [0.717, 1.165) is 26.7 Å². The van der Waals surface area contributed by atoms with Gasteiger partial charge in [0, 0.05) is 12.6 Å². The molecular weight excluding hydrogens is 368 g/mol. The molecule has 1 aliphatic carbocycles. The molecule has 1 atom stereocenters. The normalized spacial score (nSPS) is 16.5. The summed E-state index contributed by atoms with van der Waals surface area (Å²) in [6.45, 7) is 2.02. The van der Waals surface area contributed by atoms with Gasteiger partial charge in [-0.15, -0.1) is 11.3 Å². The molecule has 0 saturated carbocycles. The number of amides is 1. The summed E-state index contributed by atoms with van der Waals surface area (Å²) in [6, 6.07) is 7.89. The average molecular weight is 384 g/mol. The number of carbonyl (C=O) groups excluding carboxylic acids is 2. The van der Waals surface area contributed by atoms with Crippen LogP contribution in [-0.4, -0.2) is 32.4 Å². The van der Waals surface area contributed by atoms with Crippen molar-refractivity contribution >= 4 is 51.0 Å². The Hall–Kier alpha value is -2.32. The topological polar surface area (TPSA) is 84.8 Å². The maximum absolute atomic E-state index is 12.2. The molecule has 1 aliphatic rings. The number of Topliss-reactive ketones (excluding diaryl/α,β-unsaturated/α-hetero) is 1. The number of nitrogens with one attached hydrogen (secondary N) is 1. The third-order valence-electron chi connectivity index (χ3n) is 4.10. The quantitative estimate of drug-likeness (QED) is 0.692. The van der Waals surface area contributed by atoms with Crippen LogP contribution in [0.3, 0.4) is 0 Å². The largest absolute Gasteiger partial charge is 0.294 e. The number of carbonyl (C=O) groups is 2. The van der Waals surface area contributed by atoms with E-state index in [1.54, 1.807) is 11.3 Å². The van der Waals surface area contributed by atoms with Gasteiger partial charge in [0.2, 0.25) is 11.9 Å². The van der Waals surface area contributed by atoms with Gasteiger partial charge in [-0.3, -0.25) is 14.9 Å². The SMILES string of the molecule is C[C@H]1CC(=O)c2cnc(NC(=O)CSc3nc4ccccc4s3)nc2C1. The van der Waals surface area contributed by atoms with Crippen molar-refractivity contribution < 1.29 is 9.59 Å². The Morgan fingerprint density at radius 2 is 2.15 bits per heavy atom. The number of fused-ring (bicyclic) bond motifs is 2. The number of nitrogens with zero attached hydrogens (tertiary/aromatic N) is 3. The molecule has 0 spiro atoms. The molecule has 8 heteroatoms. The highest BCUT2D eigenvalue weighted by atomic mass is 32.2. The van der Waals surface area contributed by atoms with Crippen LogP contribution >= 0.6 is 23.1 Å². The minimum absolute atomic E-state index is 0.0722. The average Bonchev–Trinajstić information content (AvgIpc) is 3.02. The molecule has 6 nitrogen and oxygen atoms in total. The van der Waals surface area contributed by atoms with Gasteiger partial charge in [-0.25, -0.2) is 15.0 Å². The Balaban J connectivity index is 1.40. The van der Waals surface area contributed by atoms with E-state index in [1.165, 1.54) is 18.0 Å². The summed E-state index contributed by atoms with van der Waals surface area (Å²) < 4.78 is 1.96. The highest BCUT2D eigenvalue weighted by Gasteiger charge is 2.24. The summed E-state index contributed by atoms with van der Waals surface area (Å²) in [4.78, 5) is 37.1. The highest BCUT2D eigenvalue weighted by molar-refractivity contribution is 8.01. The molecule has 1 aromatic carbocycles. The van der Waals surface area contributed by atoms with Crippen LogP contribution in [0.5, 0.6) is 0 Å². The lowest BCUT2D eigenvalue weighted by Gasteiger charge is -2.19. The van der Waals surface area contributed by atoms with E-state index in [1.807, 2.05) is 31.2 Å². The van der Waals surface area contributed by atoms with Crippen LogP contribution < -0.4 is 5.32 Å². The molecule has 2 aromatic heterocycles. The molecule has 0 bridgehead atoms. The van der Waals surface area contributed by atoms with Crippen molar-refractivity contribution in [1.29, 1.82) is 0 Å². The molecule has 0 saturated heterocycles. The Morgan fingerprint density at radius 1 is 1.31 bits per heavy atom. The molecule has 0 aliphatic heterocycles. The zero-order chi connectivity index (χ0) is 18.1. The number of anilines is 1. The second-order valence-corrected chi connectivity index (χ2v) is 8.53. The molecule has 0 fully saturated rings. The summed E-state index contributed by atoms with van der Waals surface area (Å²) in [5.41, 5.74) is 2.24. The minimum atomic E-state index is -0.190. The smallest absolute Gasteiger partial charge is 0.237 e. The molecule has 0 unspecified atom stereocenters. The van der Waals surface area contributed by atoms with Crippen LogP contribution in [-0.2, 0) is 11.2 Å². The van der Waals surface area contributed by atoms with Gasteiger partial charge in [0.15, 0.2) is 10.1 Å². The van der Waals surface area contributed by atoms with Gasteiger partial charge >= 0.3 is 0 Å². The summed E-state index contributed by atoms with van der Waals surface area (Å²) >= 11 is 2.96. The number of hydrogen-bond acceptors (Lipinski definition) is 7. The van der Waals surface area contributed by atoms with Crippen LogP contribution in [0.2, 0.25) is 0 Å². The molecule has 0 radical (unpaired) electrons. The standard InChI is InChI=1S/C18H16N4O2S2/c1-10-6-13-11(14(23)7-10)8-19-17(20-13)22-16(24)9-25-18-21-12-4-2-3-5-15(12)26-18/h2-5,8,10H,6-7,9H2,1H3,(H,19,20,22,24)/t10-/m1/s1. The molecule has 2 heterocycles. The lowest BCUT2D eigenvalue weighted by molar-refractivity contribution is -0.113. The maximum atomic E-state index is 12.2. The monoisotopic (exact) mass is 384 g/mol. The van der Waals surface area contributed by atoms with Crippen molar-refractivity contribution in [3.05, 3.63) is 41.7 Å². The van der Waals surface area contributed by atoms with Gasteiger partial charge in [0.1, 0.15) is 0 Å². The van der Waals surface area contributed by atoms with E-state index in [-0.39, 0.29) is 29.3 Å². The van der Waals surface area contributed by atoms with Gasteiger partial charge in [-0.1, -0.05) is 30.8 Å². The Bertz CT molecular complexity index is 969. The number of aromatic nitrogens is 3. The van der Waals surface area contributed by atoms with Crippen LogP contribution in [0.25, 0.3) is 10.2 Å². The van der Waals surface area contributed by atoms with Crippen molar-refractivity contribution in [2.24, 2.45) is 5.92 Å². The van der Waals surface area contributed by atoms with Crippen LogP contribution in [0, 0.1) is 5.92 Å². The lowest BCUT2D eigenvalue weighted by atomic mass is 9.88. The van der Waals surface area contributed by atoms with E-state index in [0.29, 0.717) is 12.0 Å². The Kier molecular flexibility index (Phi) is 4.69. The molecule has 3 aromatic rings. The molecule has 1 N–H and O–H groups in total. The third kappa shape index (κ3) is 3.61. The Labute approximate surface area is 158 Å². The van der Waals surface area contributed by atoms with Gasteiger partial charge in [-0.2, -0.15) is 0 Å². The second-order valence-electron chi connectivity index (χ2n) is 6.27. The highest BCUT2D eigenvalue weighted by Crippen LogP contribution is 2.29. The predicted molar refractivity (Wildman–Crippen MR) is 103 cm³/mol. The molecule has 132 valence electrons. The van der Waals surface area contributed by atoms with Gasteiger partial charge in [-0.05, 0) is 24.5 Å². The molecule has 26 heavy (non-hydrogen) atoms. The van der Waals surface area contributed by atoms with Crippen LogP contribution in [0.15, 0.2) is 34.8 Å². The number of para-hydroxylation sites is 1. The van der Waals surface area contributed by atoms with Crippen molar-refractivity contribution in [3.8, 4) is 0 Å². The van der Waals surface area contributed by atoms with Gasteiger partial charge in [0.05, 0.1) is 27.2 Å². The van der Waals surface area contributed by atoms with E-state index >= 15 is 0 Å². The van der Waals surface area contributed by atoms with Gasteiger partial charge < -0.3 is 0 Å². The number of thioether (sulfide) groups is 1. The van der Waals surface area contributed by atoms with E-state index in [4.69, 9.17) is 0 Å². The zero-order valence-corrected chi connectivity index (χ0v) is 15.7. The van der Waals surface area contributed by atoms with Crippen molar-refractivity contribution in [3.63, 3.8) is 0 Å². The first-order valence-electron chi connectivity index (χ1n) is 8.26. The van der Waals surface area contributed by atoms with Crippen molar-refractivity contribution in [2.45, 2.75) is 24.1 Å². The number of hydrogen-bond donors (Lipinski definition) is 1. The first kappa shape index (κ1) is 17.1. The third-order valence-corrected chi connectivity index (χ3v) is 6.28. The fraction of sp³-hybridized carbons (Fsp3) is 0.278. The zero-order valence-electron chi connectivity index (χ0n) is 14.1. The molecule has 4 rings (SSSR count). The Morgan fingerprint density at radius 3 is 3.00 bits per heavy atom. The second kappa shape index (κ2) is 7.13. The summed E-state index contributed by atoms with van der Waals surface area (Å²) in [7, 11) is 0. The molecule has 1 amide bonds. The number of benzene rings is 1. The summed E-state index contributed by atoms with van der Waals surface area (Å²) in [5, 5.41) is 2.71. The van der Waals surface area contributed by atoms with Crippen molar-refractivity contribution in [2.75, 3.05) is 11.1 Å². The minimum Gasteiger partial charge on any atom is -0.294 e. The summed E-state index contributed by atoms with van der Waals surface area (Å²) in [6.07, 6.45) is 2.78.